The molecule has 2 rings (SSSR count). The first kappa shape index (κ1) is 12.5. The van der Waals surface area contributed by atoms with Gasteiger partial charge in [-0.1, -0.05) is 33.6 Å². The second-order valence-electron chi connectivity index (χ2n) is 6.02. The largest absolute Gasteiger partial charge is 0.353 e. The molecular weight excluding hydrogens is 210 g/mol. The number of nitrogens with one attached hydrogen (secondary N) is 1. The summed E-state index contributed by atoms with van der Waals surface area (Å²) in [6.45, 7) is 7.91. The Morgan fingerprint density at radius 3 is 2.76 bits per heavy atom. The highest BCUT2D eigenvalue weighted by atomic mass is 15.2. The molecule has 0 atom stereocenters. The summed E-state index contributed by atoms with van der Waals surface area (Å²) in [5, 5.41) is 3.59. The van der Waals surface area contributed by atoms with E-state index >= 15 is 0 Å². The zero-order chi connectivity index (χ0) is 12.3. The third-order valence-corrected chi connectivity index (χ3v) is 3.96. The molecule has 0 unspecified atom stereocenters. The highest BCUT2D eigenvalue weighted by molar-refractivity contribution is 5.28. The summed E-state index contributed by atoms with van der Waals surface area (Å²) < 4.78 is 2.27. The van der Waals surface area contributed by atoms with Crippen molar-refractivity contribution < 1.29 is 0 Å². The minimum absolute atomic E-state index is 0.340. The van der Waals surface area contributed by atoms with E-state index < -0.39 is 0 Å². The van der Waals surface area contributed by atoms with Crippen LogP contribution < -0.4 is 5.32 Å². The Balaban J connectivity index is 2.00. The fourth-order valence-corrected chi connectivity index (χ4v) is 2.40. The van der Waals surface area contributed by atoms with Gasteiger partial charge >= 0.3 is 0 Å². The van der Waals surface area contributed by atoms with Crippen molar-refractivity contribution in [1.29, 1.82) is 0 Å². The van der Waals surface area contributed by atoms with Crippen molar-refractivity contribution >= 4 is 5.95 Å². The van der Waals surface area contributed by atoms with Crippen LogP contribution in [0.2, 0.25) is 0 Å². The second-order valence-corrected chi connectivity index (χ2v) is 6.02. The molecule has 1 aliphatic rings. The van der Waals surface area contributed by atoms with Crippen LogP contribution in [0.4, 0.5) is 5.95 Å². The Morgan fingerprint density at radius 1 is 1.41 bits per heavy atom. The lowest BCUT2D eigenvalue weighted by molar-refractivity contribution is 0.296. The molecule has 0 amide bonds. The van der Waals surface area contributed by atoms with E-state index in [1.54, 1.807) is 0 Å². The Morgan fingerprint density at radius 2 is 2.12 bits per heavy atom. The SMILES string of the molecule is CCC(C)(C)Cn1ccnc1NC1CCCC1. The molecule has 17 heavy (non-hydrogen) atoms. The number of imidazole rings is 1. The molecule has 0 aromatic carbocycles. The molecule has 0 radical (unpaired) electrons. The maximum atomic E-state index is 4.45. The smallest absolute Gasteiger partial charge is 0.203 e. The Bertz CT molecular complexity index is 348. The third kappa shape index (κ3) is 3.24. The van der Waals surface area contributed by atoms with Gasteiger partial charge in [0, 0.05) is 25.0 Å². The van der Waals surface area contributed by atoms with Gasteiger partial charge in [-0.05, 0) is 24.7 Å². The summed E-state index contributed by atoms with van der Waals surface area (Å²) >= 11 is 0. The molecule has 3 nitrogen and oxygen atoms in total. The van der Waals surface area contributed by atoms with Crippen LogP contribution in [0.25, 0.3) is 0 Å². The van der Waals surface area contributed by atoms with E-state index in [2.05, 4.69) is 41.8 Å². The summed E-state index contributed by atoms with van der Waals surface area (Å²) in [5.74, 6) is 1.05. The Hall–Kier alpha value is -0.990. The molecule has 0 aliphatic heterocycles. The number of aromatic nitrogens is 2. The van der Waals surface area contributed by atoms with Gasteiger partial charge in [0.25, 0.3) is 0 Å². The van der Waals surface area contributed by atoms with Crippen molar-refractivity contribution in [1.82, 2.24) is 9.55 Å². The molecule has 1 fully saturated rings. The van der Waals surface area contributed by atoms with Gasteiger partial charge in [-0.25, -0.2) is 4.98 Å². The fraction of sp³-hybridized carbons (Fsp3) is 0.786. The van der Waals surface area contributed by atoms with Gasteiger partial charge in [0.1, 0.15) is 0 Å². The highest BCUT2D eigenvalue weighted by Crippen LogP contribution is 2.26. The molecule has 1 N–H and O–H groups in total. The van der Waals surface area contributed by atoms with E-state index in [9.17, 15) is 0 Å². The first-order valence-electron chi connectivity index (χ1n) is 6.88. The number of anilines is 1. The summed E-state index contributed by atoms with van der Waals surface area (Å²) in [5.41, 5.74) is 0.340. The molecule has 1 aromatic heterocycles. The fourth-order valence-electron chi connectivity index (χ4n) is 2.40. The predicted molar refractivity (Wildman–Crippen MR) is 72.2 cm³/mol. The van der Waals surface area contributed by atoms with E-state index in [0.29, 0.717) is 11.5 Å². The summed E-state index contributed by atoms with van der Waals surface area (Å²) in [6, 6.07) is 0.640. The van der Waals surface area contributed by atoms with E-state index in [1.807, 2.05) is 6.20 Å². The van der Waals surface area contributed by atoms with Crippen molar-refractivity contribution in [2.75, 3.05) is 5.32 Å². The van der Waals surface area contributed by atoms with Crippen molar-refractivity contribution in [2.24, 2.45) is 5.41 Å². The van der Waals surface area contributed by atoms with Gasteiger partial charge in [0.15, 0.2) is 0 Å². The molecule has 3 heteroatoms. The molecular formula is C14H25N3. The zero-order valence-corrected chi connectivity index (χ0v) is 11.4. The summed E-state index contributed by atoms with van der Waals surface area (Å²) in [7, 11) is 0. The van der Waals surface area contributed by atoms with Gasteiger partial charge < -0.3 is 9.88 Å². The zero-order valence-electron chi connectivity index (χ0n) is 11.4. The molecule has 96 valence electrons. The topological polar surface area (TPSA) is 29.9 Å². The van der Waals surface area contributed by atoms with Gasteiger partial charge in [0.2, 0.25) is 5.95 Å². The normalized spacial score (nSPS) is 17.6. The third-order valence-electron chi connectivity index (χ3n) is 3.96. The van der Waals surface area contributed by atoms with Crippen molar-refractivity contribution in [3.05, 3.63) is 12.4 Å². The van der Waals surface area contributed by atoms with Crippen molar-refractivity contribution in [3.63, 3.8) is 0 Å². The quantitative estimate of drug-likeness (QED) is 0.844. The minimum Gasteiger partial charge on any atom is -0.353 e. The predicted octanol–water partition coefficient (Wildman–Crippen LogP) is 3.67. The monoisotopic (exact) mass is 235 g/mol. The van der Waals surface area contributed by atoms with Crippen LogP contribution in [0, 0.1) is 5.41 Å². The standard InChI is InChI=1S/C14H25N3/c1-4-14(2,3)11-17-10-9-15-13(17)16-12-7-5-6-8-12/h9-10,12H,4-8,11H2,1-3H3,(H,15,16). The van der Waals surface area contributed by atoms with Crippen molar-refractivity contribution in [3.8, 4) is 0 Å². The molecule has 1 saturated carbocycles. The van der Waals surface area contributed by atoms with Gasteiger partial charge in [-0.2, -0.15) is 0 Å². The Kier molecular flexibility index (Phi) is 3.75. The van der Waals surface area contributed by atoms with E-state index in [4.69, 9.17) is 0 Å². The lowest BCUT2D eigenvalue weighted by Gasteiger charge is -2.25. The van der Waals surface area contributed by atoms with Crippen LogP contribution in [0.5, 0.6) is 0 Å². The van der Waals surface area contributed by atoms with Crippen LogP contribution in [0.3, 0.4) is 0 Å². The summed E-state index contributed by atoms with van der Waals surface area (Å²) in [4.78, 5) is 4.45. The molecule has 0 spiro atoms. The van der Waals surface area contributed by atoms with Crippen LogP contribution >= 0.6 is 0 Å². The molecule has 0 saturated heterocycles. The van der Waals surface area contributed by atoms with Gasteiger partial charge in [0.05, 0.1) is 0 Å². The van der Waals surface area contributed by atoms with Crippen LogP contribution in [0.15, 0.2) is 12.4 Å². The van der Waals surface area contributed by atoms with E-state index in [1.165, 1.54) is 32.1 Å². The number of hydrogen-bond donors (Lipinski definition) is 1. The lowest BCUT2D eigenvalue weighted by atomic mass is 9.90. The molecule has 0 bridgehead atoms. The molecule has 1 aliphatic carbocycles. The summed E-state index contributed by atoms with van der Waals surface area (Å²) in [6.07, 6.45) is 10.5. The van der Waals surface area contributed by atoms with Crippen LogP contribution in [0.1, 0.15) is 52.9 Å². The van der Waals surface area contributed by atoms with Crippen LogP contribution in [-0.2, 0) is 6.54 Å². The number of hydrogen-bond acceptors (Lipinski definition) is 2. The minimum atomic E-state index is 0.340. The highest BCUT2D eigenvalue weighted by Gasteiger charge is 2.20. The van der Waals surface area contributed by atoms with Gasteiger partial charge in [-0.3, -0.25) is 0 Å². The Labute approximate surface area is 105 Å². The van der Waals surface area contributed by atoms with Gasteiger partial charge in [-0.15, -0.1) is 0 Å². The number of nitrogens with zero attached hydrogens (tertiary/aromatic N) is 2. The van der Waals surface area contributed by atoms with Crippen molar-refractivity contribution in [2.45, 2.75) is 65.5 Å². The lowest BCUT2D eigenvalue weighted by Crippen LogP contribution is -2.23. The number of rotatable bonds is 5. The first-order valence-corrected chi connectivity index (χ1v) is 6.88. The average molecular weight is 235 g/mol. The second kappa shape index (κ2) is 5.11. The molecule has 1 aromatic rings. The molecule has 1 heterocycles. The first-order chi connectivity index (χ1) is 8.11. The maximum absolute atomic E-state index is 4.45. The van der Waals surface area contributed by atoms with Crippen LogP contribution in [-0.4, -0.2) is 15.6 Å². The van der Waals surface area contributed by atoms with E-state index in [0.717, 1.165) is 12.5 Å². The maximum Gasteiger partial charge on any atom is 0.203 e. The average Bonchev–Trinajstić information content (AvgIpc) is 2.92. The van der Waals surface area contributed by atoms with E-state index in [-0.39, 0.29) is 0 Å².